The Kier molecular flexibility index (Phi) is 11.0. The number of hydrogen-bond donors (Lipinski definition) is 6. The van der Waals surface area contributed by atoms with Crippen molar-refractivity contribution < 1.29 is 23.9 Å². The molecule has 7 rings (SSSR count). The van der Waals surface area contributed by atoms with E-state index in [1.807, 2.05) is 20.0 Å². The van der Waals surface area contributed by atoms with Crippen molar-refractivity contribution in [3.05, 3.63) is 94.4 Å². The Labute approximate surface area is 318 Å². The third kappa shape index (κ3) is 6.84. The molecular formula is C42H55N7O5. The Bertz CT molecular complexity index is 1850. The van der Waals surface area contributed by atoms with Crippen molar-refractivity contribution in [2.45, 2.75) is 81.6 Å². The monoisotopic (exact) mass is 737 g/mol. The number of ketones is 2. The lowest BCUT2D eigenvalue weighted by Crippen LogP contribution is -2.53. The van der Waals surface area contributed by atoms with Crippen LogP contribution < -0.4 is 31.9 Å². The zero-order valence-electron chi connectivity index (χ0n) is 32.0. The summed E-state index contributed by atoms with van der Waals surface area (Å²) in [6, 6.07) is 6.73. The number of nitrogens with one attached hydrogen (secondary N) is 6. The van der Waals surface area contributed by atoms with Crippen molar-refractivity contribution in [1.82, 2.24) is 31.9 Å². The van der Waals surface area contributed by atoms with Crippen molar-refractivity contribution in [3.63, 3.8) is 0 Å². The zero-order valence-corrected chi connectivity index (χ0v) is 32.0. The predicted octanol–water partition coefficient (Wildman–Crippen LogP) is 3.57. The Hall–Kier alpha value is -4.52. The normalized spacial score (nSPS) is 32.3. The third-order valence-corrected chi connectivity index (χ3v) is 11.9. The minimum Gasteiger partial charge on any atom is -0.463 e. The summed E-state index contributed by atoms with van der Waals surface area (Å²) < 4.78 is 12.3. The van der Waals surface area contributed by atoms with E-state index in [9.17, 15) is 14.4 Å². The summed E-state index contributed by atoms with van der Waals surface area (Å²) in [5.41, 5.74) is -0.279. The summed E-state index contributed by atoms with van der Waals surface area (Å²) in [6.07, 6.45) is 18.4. The number of likely N-dealkylation sites (N-methyl/N-ethyl adjacent to an activating group) is 1. The van der Waals surface area contributed by atoms with Gasteiger partial charge >= 0.3 is 5.97 Å². The van der Waals surface area contributed by atoms with Crippen LogP contribution in [-0.4, -0.2) is 93.3 Å². The highest BCUT2D eigenvalue weighted by Crippen LogP contribution is 2.58. The Balaban J connectivity index is 1.16. The fraction of sp³-hybridized carbons (Fsp3) is 0.524. The van der Waals surface area contributed by atoms with Gasteiger partial charge in [-0.15, -0.1) is 0 Å². The van der Waals surface area contributed by atoms with E-state index in [4.69, 9.17) is 9.47 Å². The van der Waals surface area contributed by atoms with Crippen molar-refractivity contribution in [2.24, 2.45) is 16.8 Å². The van der Waals surface area contributed by atoms with E-state index in [-0.39, 0.29) is 41.9 Å². The number of dihydropyridines is 1. The standard InChI is InChI=1S/C42H55N7O5/c1-5-45-34-22-29-12-7-6-11-28(29)21-30(34)25-53-38(52)42-37(51)33-14-9-8-13-32(33)36(50)41(42,54-42)18-15-27(2)24-40(17-10-19-47-39(44-4)49-40)31-16-20-46-35(23-31)48-26-43-3/h7-9,12-16,22-23,28,30,34,43,45-46,48H,5-6,10-11,17-21,24-26H2,1-4H3,(H2,44,47,49)/b27-15+/t28-,30-,34+,40-,41-,42-/m0/s1. The van der Waals surface area contributed by atoms with Crippen LogP contribution in [-0.2, 0) is 14.3 Å². The van der Waals surface area contributed by atoms with Crippen molar-refractivity contribution >= 4 is 23.5 Å². The number of fused-ring (bicyclic) bond motifs is 3. The molecule has 0 unspecified atom stereocenters. The maximum absolute atomic E-state index is 14.4. The first-order valence-electron chi connectivity index (χ1n) is 19.6. The highest BCUT2D eigenvalue weighted by molar-refractivity contribution is 6.32. The number of benzene rings is 1. The summed E-state index contributed by atoms with van der Waals surface area (Å²) in [7, 11) is 3.66. The molecule has 6 atom stereocenters. The second kappa shape index (κ2) is 15.7. The molecule has 6 N–H and O–H groups in total. The number of ether oxygens (including phenoxy) is 2. The number of hydrogen-bond acceptors (Lipinski definition) is 10. The van der Waals surface area contributed by atoms with Gasteiger partial charge in [-0.2, -0.15) is 0 Å². The number of Topliss-reactive ketones (excluding diaryl/α,β-unsaturated/α-hetero) is 2. The SMILES string of the molecule is CCN[C@@H]1C=C2C=CCC[C@H]2C[C@H]1COC(=O)[C@]12O[C@@]1(C/C=C(\C)C[C@]1(C3=CCNC(NCNC)=C3)CCCNC(=NC)N1)C(=O)c1ccccc1C2=O. The van der Waals surface area contributed by atoms with Gasteiger partial charge in [-0.25, -0.2) is 4.79 Å². The molecule has 2 saturated heterocycles. The van der Waals surface area contributed by atoms with Gasteiger partial charge < -0.3 is 41.4 Å². The Morgan fingerprint density at radius 1 is 1.17 bits per heavy atom. The van der Waals surface area contributed by atoms with E-state index in [1.54, 1.807) is 31.3 Å². The first-order valence-corrected chi connectivity index (χ1v) is 19.6. The lowest BCUT2D eigenvalue weighted by molar-refractivity contribution is -0.150. The molecule has 0 aromatic heterocycles. The number of esters is 1. The molecule has 1 aromatic rings. The van der Waals surface area contributed by atoms with Crippen LogP contribution in [0.2, 0.25) is 0 Å². The van der Waals surface area contributed by atoms with Gasteiger partial charge in [0.2, 0.25) is 5.78 Å². The smallest absolute Gasteiger partial charge is 0.350 e. The minimum atomic E-state index is -2.02. The lowest BCUT2D eigenvalue weighted by Gasteiger charge is -2.38. The molecule has 12 heteroatoms. The topological polar surface area (TPSA) is 158 Å². The summed E-state index contributed by atoms with van der Waals surface area (Å²) >= 11 is 0. The molecule has 1 aromatic carbocycles. The van der Waals surface area contributed by atoms with Gasteiger partial charge in [0.1, 0.15) is 5.82 Å². The molecule has 0 spiro atoms. The highest BCUT2D eigenvalue weighted by atomic mass is 16.7. The van der Waals surface area contributed by atoms with Crippen LogP contribution >= 0.6 is 0 Å². The van der Waals surface area contributed by atoms with E-state index in [1.165, 1.54) is 5.57 Å². The molecule has 0 bridgehead atoms. The predicted molar refractivity (Wildman–Crippen MR) is 209 cm³/mol. The second-order valence-corrected chi connectivity index (χ2v) is 15.4. The molecule has 3 aliphatic heterocycles. The van der Waals surface area contributed by atoms with Crippen LogP contribution in [0.3, 0.4) is 0 Å². The van der Waals surface area contributed by atoms with Crippen LogP contribution in [0.1, 0.15) is 79.5 Å². The van der Waals surface area contributed by atoms with Crippen molar-refractivity contribution in [3.8, 4) is 0 Å². The molecular weight excluding hydrogens is 683 g/mol. The number of rotatable bonds is 13. The van der Waals surface area contributed by atoms with E-state index < -0.39 is 28.5 Å². The van der Waals surface area contributed by atoms with Crippen LogP contribution in [0.25, 0.3) is 0 Å². The summed E-state index contributed by atoms with van der Waals surface area (Å²) in [6.45, 7) is 7.07. The summed E-state index contributed by atoms with van der Waals surface area (Å²) in [5, 5.41) is 20.6. The molecule has 54 heavy (non-hydrogen) atoms. The second-order valence-electron chi connectivity index (χ2n) is 15.4. The maximum Gasteiger partial charge on any atom is 0.350 e. The molecule has 12 nitrogen and oxygen atoms in total. The zero-order chi connectivity index (χ0) is 37.9. The van der Waals surface area contributed by atoms with Gasteiger partial charge in [0, 0.05) is 49.6 Å². The van der Waals surface area contributed by atoms with Gasteiger partial charge in [-0.05, 0) is 82.2 Å². The third-order valence-electron chi connectivity index (χ3n) is 11.9. The van der Waals surface area contributed by atoms with Crippen LogP contribution in [0.4, 0.5) is 0 Å². The van der Waals surface area contributed by atoms with E-state index in [0.717, 1.165) is 68.1 Å². The Morgan fingerprint density at radius 3 is 2.76 bits per heavy atom. The summed E-state index contributed by atoms with van der Waals surface area (Å²) in [4.78, 5) is 47.5. The minimum absolute atomic E-state index is 0.0316. The first-order chi connectivity index (χ1) is 26.2. The number of carbonyl (C=O) groups excluding carboxylic acids is 3. The van der Waals surface area contributed by atoms with Crippen LogP contribution in [0.5, 0.6) is 0 Å². The fourth-order valence-electron chi connectivity index (χ4n) is 9.12. The molecule has 0 amide bonds. The molecule has 2 fully saturated rings. The van der Waals surface area contributed by atoms with Crippen molar-refractivity contribution in [1.29, 1.82) is 0 Å². The van der Waals surface area contributed by atoms with Crippen LogP contribution in [0, 0.1) is 11.8 Å². The number of epoxide rings is 1. The number of guanidine groups is 1. The quantitative estimate of drug-likeness (QED) is 0.0579. The molecule has 6 aliphatic rings. The largest absolute Gasteiger partial charge is 0.463 e. The molecule has 3 aliphatic carbocycles. The lowest BCUT2D eigenvalue weighted by atomic mass is 9.72. The van der Waals surface area contributed by atoms with E-state index in [2.05, 4.69) is 74.2 Å². The van der Waals surface area contributed by atoms with Crippen molar-refractivity contribution in [2.75, 3.05) is 47.0 Å². The maximum atomic E-state index is 14.4. The molecule has 0 saturated carbocycles. The number of carbonyl (C=O) groups is 3. The van der Waals surface area contributed by atoms with E-state index in [0.29, 0.717) is 25.6 Å². The average Bonchev–Trinajstić information content (AvgIpc) is 3.95. The average molecular weight is 738 g/mol. The fourth-order valence-corrected chi connectivity index (χ4v) is 9.12. The molecule has 3 heterocycles. The van der Waals surface area contributed by atoms with Crippen LogP contribution in [0.15, 0.2) is 88.3 Å². The first kappa shape index (κ1) is 37.8. The van der Waals surface area contributed by atoms with Gasteiger partial charge in [0.15, 0.2) is 17.3 Å². The number of aliphatic imine (C=N–C) groups is 1. The van der Waals surface area contributed by atoms with E-state index >= 15 is 0 Å². The molecule has 0 radical (unpaired) electrons. The summed E-state index contributed by atoms with van der Waals surface area (Å²) in [5.74, 6) is 0.433. The van der Waals surface area contributed by atoms with Gasteiger partial charge in [0.25, 0.3) is 5.60 Å². The Morgan fingerprint density at radius 2 is 1.98 bits per heavy atom. The number of allylic oxidation sites excluding steroid dienone is 3. The van der Waals surface area contributed by atoms with Gasteiger partial charge in [-0.3, -0.25) is 14.6 Å². The van der Waals surface area contributed by atoms with Gasteiger partial charge in [-0.1, -0.05) is 67.1 Å². The molecule has 288 valence electrons. The highest BCUT2D eigenvalue weighted by Gasteiger charge is 2.85. The van der Waals surface area contributed by atoms with Gasteiger partial charge in [0.05, 0.1) is 18.8 Å². The number of nitrogens with zero attached hydrogens (tertiary/aromatic N) is 1.